The zero-order chi connectivity index (χ0) is 18.2. The largest absolute Gasteiger partial charge is 0.497 e. The summed E-state index contributed by atoms with van der Waals surface area (Å²) in [6.45, 7) is 4.71. The fourth-order valence-corrected chi connectivity index (χ4v) is 2.73. The minimum atomic E-state index is -0.130. The summed E-state index contributed by atoms with van der Waals surface area (Å²) in [6, 6.07) is 7.09. The summed E-state index contributed by atoms with van der Waals surface area (Å²) in [6.07, 6.45) is 0.310. The molecule has 0 saturated carbocycles. The number of piperazine rings is 1. The third kappa shape index (κ3) is 5.86. The fraction of sp³-hybridized carbons (Fsp3) is 0.500. The van der Waals surface area contributed by atoms with Crippen molar-refractivity contribution in [3.05, 3.63) is 29.8 Å². The van der Waals surface area contributed by atoms with Gasteiger partial charge in [0.15, 0.2) is 5.78 Å². The first-order valence-corrected chi connectivity index (χ1v) is 8.41. The Kier molecular flexibility index (Phi) is 6.94. The van der Waals surface area contributed by atoms with Gasteiger partial charge in [-0.1, -0.05) is 0 Å². The second kappa shape index (κ2) is 9.17. The van der Waals surface area contributed by atoms with Crippen molar-refractivity contribution >= 4 is 17.6 Å². The normalized spacial score (nSPS) is 14.9. The molecule has 1 aromatic rings. The van der Waals surface area contributed by atoms with Gasteiger partial charge in [0.2, 0.25) is 11.8 Å². The van der Waals surface area contributed by atoms with Crippen LogP contribution in [-0.4, -0.2) is 73.8 Å². The number of carbonyl (C=O) groups excluding carboxylic acids is 3. The zero-order valence-electron chi connectivity index (χ0n) is 14.8. The summed E-state index contributed by atoms with van der Waals surface area (Å²) in [4.78, 5) is 39.1. The van der Waals surface area contributed by atoms with E-state index in [-0.39, 0.29) is 17.6 Å². The quantitative estimate of drug-likeness (QED) is 0.729. The molecule has 0 bridgehead atoms. The molecule has 7 heteroatoms. The summed E-state index contributed by atoms with van der Waals surface area (Å²) < 4.78 is 5.09. The van der Waals surface area contributed by atoms with E-state index in [0.717, 1.165) is 5.75 Å². The molecule has 1 saturated heterocycles. The maximum atomic E-state index is 12.3. The molecule has 1 aliphatic rings. The van der Waals surface area contributed by atoms with Crippen molar-refractivity contribution in [3.63, 3.8) is 0 Å². The summed E-state index contributed by atoms with van der Waals surface area (Å²) in [5, 5.41) is 2.63. The third-order valence-electron chi connectivity index (χ3n) is 4.22. The van der Waals surface area contributed by atoms with Gasteiger partial charge in [-0.15, -0.1) is 0 Å². The number of nitrogens with one attached hydrogen (secondary N) is 1. The third-order valence-corrected chi connectivity index (χ3v) is 4.22. The van der Waals surface area contributed by atoms with Crippen LogP contribution in [0.2, 0.25) is 0 Å². The first-order valence-electron chi connectivity index (χ1n) is 8.41. The van der Waals surface area contributed by atoms with Crippen LogP contribution in [0, 0.1) is 0 Å². The van der Waals surface area contributed by atoms with Crippen LogP contribution in [0.5, 0.6) is 5.75 Å². The molecule has 1 fully saturated rings. The topological polar surface area (TPSA) is 79.0 Å². The zero-order valence-corrected chi connectivity index (χ0v) is 14.8. The van der Waals surface area contributed by atoms with Gasteiger partial charge in [-0.05, 0) is 24.3 Å². The summed E-state index contributed by atoms with van der Waals surface area (Å²) in [5.41, 5.74) is 0.662. The number of amides is 2. The maximum absolute atomic E-state index is 12.3. The molecule has 25 heavy (non-hydrogen) atoms. The van der Waals surface area contributed by atoms with E-state index in [1.54, 1.807) is 36.3 Å². The Balaban J connectivity index is 1.74. The van der Waals surface area contributed by atoms with Crippen LogP contribution in [0.25, 0.3) is 0 Å². The minimum absolute atomic E-state index is 0.0369. The molecular weight excluding hydrogens is 322 g/mol. The van der Waals surface area contributed by atoms with E-state index in [1.165, 1.54) is 6.92 Å². The molecular formula is C18H25N3O4. The number of hydrogen-bond acceptors (Lipinski definition) is 5. The summed E-state index contributed by atoms with van der Waals surface area (Å²) >= 11 is 0. The van der Waals surface area contributed by atoms with E-state index in [0.29, 0.717) is 51.3 Å². The van der Waals surface area contributed by atoms with Crippen LogP contribution in [0.4, 0.5) is 0 Å². The molecule has 0 unspecified atom stereocenters. The molecule has 0 spiro atoms. The van der Waals surface area contributed by atoms with Gasteiger partial charge in [0, 0.05) is 51.6 Å². The van der Waals surface area contributed by atoms with Gasteiger partial charge in [0.1, 0.15) is 5.75 Å². The van der Waals surface area contributed by atoms with Gasteiger partial charge in [-0.3, -0.25) is 19.3 Å². The van der Waals surface area contributed by atoms with E-state index in [2.05, 4.69) is 10.2 Å². The van der Waals surface area contributed by atoms with Crippen LogP contribution < -0.4 is 10.1 Å². The van der Waals surface area contributed by atoms with Crippen molar-refractivity contribution in [2.75, 3.05) is 46.4 Å². The molecule has 0 radical (unpaired) electrons. The molecule has 136 valence electrons. The highest BCUT2D eigenvalue weighted by Crippen LogP contribution is 2.13. The van der Waals surface area contributed by atoms with E-state index < -0.39 is 0 Å². The number of benzene rings is 1. The number of Topliss-reactive ketones (excluding diaryl/α,β-unsaturated/α-hetero) is 1. The number of rotatable bonds is 7. The second-order valence-corrected chi connectivity index (χ2v) is 6.04. The molecule has 1 aromatic carbocycles. The fourth-order valence-electron chi connectivity index (χ4n) is 2.73. The van der Waals surface area contributed by atoms with E-state index >= 15 is 0 Å². The van der Waals surface area contributed by atoms with Gasteiger partial charge < -0.3 is 15.0 Å². The average Bonchev–Trinajstić information content (AvgIpc) is 2.62. The molecule has 7 nitrogen and oxygen atoms in total. The lowest BCUT2D eigenvalue weighted by molar-refractivity contribution is -0.132. The Morgan fingerprint density at radius 1 is 1.08 bits per heavy atom. The highest BCUT2D eigenvalue weighted by Gasteiger charge is 2.22. The number of ether oxygens (including phenoxy) is 1. The number of hydrogen-bond donors (Lipinski definition) is 1. The molecule has 0 aromatic heterocycles. The Morgan fingerprint density at radius 3 is 2.28 bits per heavy atom. The molecule has 2 amide bonds. The van der Waals surface area contributed by atoms with Crippen molar-refractivity contribution in [1.29, 1.82) is 0 Å². The van der Waals surface area contributed by atoms with Gasteiger partial charge in [-0.25, -0.2) is 0 Å². The van der Waals surface area contributed by atoms with E-state index in [4.69, 9.17) is 4.74 Å². The Morgan fingerprint density at radius 2 is 1.72 bits per heavy atom. The van der Waals surface area contributed by atoms with Crippen molar-refractivity contribution in [2.45, 2.75) is 13.3 Å². The average molecular weight is 347 g/mol. The first kappa shape index (κ1) is 18.9. The van der Waals surface area contributed by atoms with Crippen molar-refractivity contribution in [3.8, 4) is 5.75 Å². The highest BCUT2D eigenvalue weighted by molar-refractivity contribution is 5.97. The molecule has 0 atom stereocenters. The smallest absolute Gasteiger partial charge is 0.224 e. The standard InChI is InChI=1S/C18H25N3O4/c1-14(22)19-8-7-18(24)21-11-9-20(10-12-21)13-17(23)15-3-5-16(25-2)6-4-15/h3-6H,7-13H2,1-2H3,(H,19,22). The Bertz CT molecular complexity index is 607. The predicted molar refractivity (Wildman–Crippen MR) is 93.6 cm³/mol. The van der Waals surface area contributed by atoms with Crippen LogP contribution in [0.1, 0.15) is 23.7 Å². The second-order valence-electron chi connectivity index (χ2n) is 6.04. The van der Waals surface area contributed by atoms with E-state index in [1.807, 2.05) is 0 Å². The number of carbonyl (C=O) groups is 3. The lowest BCUT2D eigenvalue weighted by atomic mass is 10.1. The molecule has 1 heterocycles. The monoisotopic (exact) mass is 347 g/mol. The Labute approximate surface area is 147 Å². The molecule has 0 aliphatic carbocycles. The SMILES string of the molecule is COc1ccc(C(=O)CN2CCN(C(=O)CCNC(C)=O)CC2)cc1. The van der Waals surface area contributed by atoms with Crippen molar-refractivity contribution in [2.24, 2.45) is 0 Å². The van der Waals surface area contributed by atoms with Crippen LogP contribution in [-0.2, 0) is 9.59 Å². The summed E-state index contributed by atoms with van der Waals surface area (Å²) in [7, 11) is 1.59. The lowest BCUT2D eigenvalue weighted by Gasteiger charge is -2.34. The Hall–Kier alpha value is -2.41. The summed E-state index contributed by atoms with van der Waals surface area (Å²) in [5.74, 6) is 0.695. The first-order chi connectivity index (χ1) is 12.0. The number of methoxy groups -OCH3 is 1. The number of nitrogens with zero attached hydrogens (tertiary/aromatic N) is 2. The molecule has 1 aliphatic heterocycles. The minimum Gasteiger partial charge on any atom is -0.497 e. The molecule has 2 rings (SSSR count). The predicted octanol–water partition coefficient (Wildman–Crippen LogP) is 0.548. The van der Waals surface area contributed by atoms with Crippen molar-refractivity contribution in [1.82, 2.24) is 15.1 Å². The molecule has 1 N–H and O–H groups in total. The highest BCUT2D eigenvalue weighted by atomic mass is 16.5. The van der Waals surface area contributed by atoms with E-state index in [9.17, 15) is 14.4 Å². The van der Waals surface area contributed by atoms with Gasteiger partial charge in [-0.2, -0.15) is 0 Å². The van der Waals surface area contributed by atoms with Crippen LogP contribution >= 0.6 is 0 Å². The van der Waals surface area contributed by atoms with Gasteiger partial charge in [0.05, 0.1) is 13.7 Å². The van der Waals surface area contributed by atoms with Crippen LogP contribution in [0.3, 0.4) is 0 Å². The van der Waals surface area contributed by atoms with Crippen molar-refractivity contribution < 1.29 is 19.1 Å². The van der Waals surface area contributed by atoms with Crippen LogP contribution in [0.15, 0.2) is 24.3 Å². The van der Waals surface area contributed by atoms with Gasteiger partial charge in [0.25, 0.3) is 0 Å². The number of ketones is 1. The van der Waals surface area contributed by atoms with Gasteiger partial charge >= 0.3 is 0 Å². The maximum Gasteiger partial charge on any atom is 0.224 e. The lowest BCUT2D eigenvalue weighted by Crippen LogP contribution is -2.50.